The zero-order valence-electron chi connectivity index (χ0n) is 11.3. The molecule has 0 spiro atoms. The van der Waals surface area contributed by atoms with Crippen molar-refractivity contribution in [2.75, 3.05) is 6.61 Å². The van der Waals surface area contributed by atoms with Gasteiger partial charge in [0.2, 0.25) is 0 Å². The first-order valence-electron chi connectivity index (χ1n) is 6.06. The fourth-order valence-electron chi connectivity index (χ4n) is 1.52. The Morgan fingerprint density at radius 2 is 2.12 bits per heavy atom. The van der Waals surface area contributed by atoms with Gasteiger partial charge in [0.15, 0.2) is 8.32 Å². The second kappa shape index (κ2) is 4.84. The number of nitrogens with zero attached hydrogens (tertiary/aromatic N) is 1. The molecule has 2 nitrogen and oxygen atoms in total. The summed E-state index contributed by atoms with van der Waals surface area (Å²) >= 11 is 0. The fourth-order valence-corrected chi connectivity index (χ4v) is 2.54. The van der Waals surface area contributed by atoms with Gasteiger partial charge in [-0.25, -0.2) is 0 Å². The molecule has 0 unspecified atom stereocenters. The Labute approximate surface area is 101 Å². The summed E-state index contributed by atoms with van der Waals surface area (Å²) in [6.45, 7) is 16.0. The lowest BCUT2D eigenvalue weighted by molar-refractivity contribution is 0.249. The van der Waals surface area contributed by atoms with Gasteiger partial charge in [-0.15, -0.1) is 6.58 Å². The maximum Gasteiger partial charge on any atom is 0.192 e. The van der Waals surface area contributed by atoms with Gasteiger partial charge in [0.05, 0.1) is 12.6 Å². The quantitative estimate of drug-likeness (QED) is 0.542. The normalized spacial score (nSPS) is 26.1. The molecule has 3 heteroatoms. The Hall–Kier alpha value is -0.413. The van der Waals surface area contributed by atoms with Crippen molar-refractivity contribution in [2.45, 2.75) is 51.4 Å². The summed E-state index contributed by atoms with van der Waals surface area (Å²) in [5.41, 5.74) is 0. The molecule has 0 aromatic carbocycles. The molecular formula is C13H25NOSi. The Morgan fingerprint density at radius 3 is 2.62 bits per heavy atom. The summed E-state index contributed by atoms with van der Waals surface area (Å²) in [4.78, 5) is 4.47. The highest BCUT2D eigenvalue weighted by atomic mass is 28.4. The van der Waals surface area contributed by atoms with Crippen LogP contribution in [0.15, 0.2) is 17.6 Å². The minimum Gasteiger partial charge on any atom is -0.415 e. The van der Waals surface area contributed by atoms with Gasteiger partial charge in [-0.1, -0.05) is 26.8 Å². The van der Waals surface area contributed by atoms with E-state index in [-0.39, 0.29) is 5.04 Å². The number of hydrogen-bond donors (Lipinski definition) is 0. The number of rotatable bonds is 4. The predicted octanol–water partition coefficient (Wildman–Crippen LogP) is 3.65. The molecule has 0 aromatic rings. The van der Waals surface area contributed by atoms with E-state index >= 15 is 0 Å². The van der Waals surface area contributed by atoms with E-state index in [1.807, 2.05) is 12.3 Å². The largest absolute Gasteiger partial charge is 0.415 e. The molecule has 0 saturated carbocycles. The van der Waals surface area contributed by atoms with Crippen LogP contribution < -0.4 is 0 Å². The van der Waals surface area contributed by atoms with Gasteiger partial charge in [0.25, 0.3) is 0 Å². The molecule has 16 heavy (non-hydrogen) atoms. The van der Waals surface area contributed by atoms with Crippen LogP contribution in [0.25, 0.3) is 0 Å². The lowest BCUT2D eigenvalue weighted by atomic mass is 10.0. The van der Waals surface area contributed by atoms with Crippen molar-refractivity contribution in [3.8, 4) is 0 Å². The molecule has 1 heterocycles. The molecule has 0 fully saturated rings. The van der Waals surface area contributed by atoms with Crippen LogP contribution in [0.1, 0.15) is 27.2 Å². The van der Waals surface area contributed by atoms with Crippen molar-refractivity contribution in [1.29, 1.82) is 0 Å². The lowest BCUT2D eigenvalue weighted by Crippen LogP contribution is -2.42. The molecule has 0 radical (unpaired) electrons. The van der Waals surface area contributed by atoms with Gasteiger partial charge in [-0.05, 0) is 30.8 Å². The summed E-state index contributed by atoms with van der Waals surface area (Å²) in [5.74, 6) is 0.477. The first-order valence-corrected chi connectivity index (χ1v) is 8.97. The molecule has 0 aromatic heterocycles. The standard InChI is InChI=1S/C13H25NOSi/c1-7-11-8-9-14-12(11)10-15-16(5,6)13(2,3)4/h7,9,11-12H,1,8,10H2,2-6H3/t11-,12+/m1/s1. The smallest absolute Gasteiger partial charge is 0.192 e. The minimum absolute atomic E-state index is 0.277. The van der Waals surface area contributed by atoms with Crippen LogP contribution >= 0.6 is 0 Å². The summed E-state index contributed by atoms with van der Waals surface area (Å²) < 4.78 is 6.19. The fraction of sp³-hybridized carbons (Fsp3) is 0.769. The molecule has 92 valence electrons. The third kappa shape index (κ3) is 3.05. The van der Waals surface area contributed by atoms with E-state index in [2.05, 4.69) is 45.4 Å². The summed E-state index contributed by atoms with van der Waals surface area (Å²) in [7, 11) is -1.62. The SMILES string of the molecule is C=C[C@@H]1CC=N[C@H]1CO[Si](C)(C)C(C)(C)C. The molecule has 0 aliphatic carbocycles. The van der Waals surface area contributed by atoms with Crippen LogP contribution in [0, 0.1) is 5.92 Å². The van der Waals surface area contributed by atoms with Crippen LogP contribution in [0.5, 0.6) is 0 Å². The Balaban J connectivity index is 2.51. The molecule has 0 amide bonds. The van der Waals surface area contributed by atoms with E-state index in [0.717, 1.165) is 13.0 Å². The molecule has 1 aliphatic rings. The minimum atomic E-state index is -1.62. The average molecular weight is 239 g/mol. The second-order valence-electron chi connectivity index (χ2n) is 6.11. The van der Waals surface area contributed by atoms with E-state index in [4.69, 9.17) is 4.43 Å². The summed E-state index contributed by atoms with van der Waals surface area (Å²) in [6, 6.07) is 0.298. The van der Waals surface area contributed by atoms with Crippen LogP contribution in [0.2, 0.25) is 18.1 Å². The second-order valence-corrected chi connectivity index (χ2v) is 10.9. The van der Waals surface area contributed by atoms with Crippen molar-refractivity contribution >= 4 is 14.5 Å². The average Bonchev–Trinajstić information content (AvgIpc) is 2.60. The Bertz CT molecular complexity index is 278. The van der Waals surface area contributed by atoms with Crippen molar-refractivity contribution < 1.29 is 4.43 Å². The van der Waals surface area contributed by atoms with Gasteiger partial charge in [0, 0.05) is 5.92 Å². The number of hydrogen-bond acceptors (Lipinski definition) is 2. The van der Waals surface area contributed by atoms with E-state index in [1.54, 1.807) is 0 Å². The van der Waals surface area contributed by atoms with Gasteiger partial charge < -0.3 is 4.43 Å². The molecule has 0 saturated heterocycles. The van der Waals surface area contributed by atoms with Crippen molar-refractivity contribution in [2.24, 2.45) is 10.9 Å². The monoisotopic (exact) mass is 239 g/mol. The van der Waals surface area contributed by atoms with Crippen LogP contribution in [-0.2, 0) is 4.43 Å². The first kappa shape index (κ1) is 13.7. The maximum atomic E-state index is 6.19. The van der Waals surface area contributed by atoms with Crippen LogP contribution in [0.4, 0.5) is 0 Å². The zero-order chi connectivity index (χ0) is 12.4. The first-order chi connectivity index (χ1) is 7.28. The van der Waals surface area contributed by atoms with Crippen LogP contribution in [0.3, 0.4) is 0 Å². The summed E-state index contributed by atoms with van der Waals surface area (Å²) in [5, 5.41) is 0.277. The van der Waals surface area contributed by atoms with E-state index in [9.17, 15) is 0 Å². The van der Waals surface area contributed by atoms with E-state index < -0.39 is 8.32 Å². The molecule has 0 N–H and O–H groups in total. The Kier molecular flexibility index (Phi) is 4.13. The molecular weight excluding hydrogens is 214 g/mol. The van der Waals surface area contributed by atoms with Gasteiger partial charge in [-0.3, -0.25) is 4.99 Å². The third-order valence-electron chi connectivity index (χ3n) is 3.89. The topological polar surface area (TPSA) is 21.6 Å². The van der Waals surface area contributed by atoms with Gasteiger partial charge in [-0.2, -0.15) is 0 Å². The lowest BCUT2D eigenvalue weighted by Gasteiger charge is -2.37. The van der Waals surface area contributed by atoms with Gasteiger partial charge in [0.1, 0.15) is 0 Å². The summed E-state index contributed by atoms with van der Waals surface area (Å²) in [6.07, 6.45) is 5.04. The highest BCUT2D eigenvalue weighted by Crippen LogP contribution is 2.37. The van der Waals surface area contributed by atoms with Crippen molar-refractivity contribution in [3.63, 3.8) is 0 Å². The van der Waals surface area contributed by atoms with Crippen molar-refractivity contribution in [3.05, 3.63) is 12.7 Å². The Morgan fingerprint density at radius 1 is 1.50 bits per heavy atom. The van der Waals surface area contributed by atoms with E-state index in [0.29, 0.717) is 12.0 Å². The molecule has 0 bridgehead atoms. The third-order valence-corrected chi connectivity index (χ3v) is 8.39. The predicted molar refractivity (Wildman–Crippen MR) is 73.7 cm³/mol. The highest BCUT2D eigenvalue weighted by Gasteiger charge is 2.38. The number of aliphatic imine (C=N–C) groups is 1. The maximum absolute atomic E-state index is 6.19. The zero-order valence-corrected chi connectivity index (χ0v) is 12.3. The molecule has 1 aliphatic heterocycles. The van der Waals surface area contributed by atoms with Gasteiger partial charge >= 0.3 is 0 Å². The van der Waals surface area contributed by atoms with Crippen molar-refractivity contribution in [1.82, 2.24) is 0 Å². The van der Waals surface area contributed by atoms with E-state index in [1.165, 1.54) is 0 Å². The molecule has 2 atom stereocenters. The highest BCUT2D eigenvalue weighted by molar-refractivity contribution is 6.74. The van der Waals surface area contributed by atoms with Crippen LogP contribution in [-0.4, -0.2) is 27.2 Å². The molecule has 1 rings (SSSR count).